The summed E-state index contributed by atoms with van der Waals surface area (Å²) in [5.41, 5.74) is 0. The summed E-state index contributed by atoms with van der Waals surface area (Å²) >= 11 is 1.81. The lowest BCUT2D eigenvalue weighted by molar-refractivity contribution is 0.0497. The fourth-order valence-electron chi connectivity index (χ4n) is 1.65. The van der Waals surface area contributed by atoms with Crippen LogP contribution in [0.2, 0.25) is 0 Å². The summed E-state index contributed by atoms with van der Waals surface area (Å²) in [7, 11) is 0. The lowest BCUT2D eigenvalue weighted by Crippen LogP contribution is -2.29. The van der Waals surface area contributed by atoms with Gasteiger partial charge in [-0.05, 0) is 24.4 Å². The van der Waals surface area contributed by atoms with Crippen LogP contribution in [0.3, 0.4) is 0 Å². The first-order valence-corrected chi connectivity index (χ1v) is 7.09. The van der Waals surface area contributed by atoms with E-state index in [0.717, 1.165) is 32.5 Å². The summed E-state index contributed by atoms with van der Waals surface area (Å²) in [5.74, 6) is 0. The number of hydrogen-bond acceptors (Lipinski definition) is 3. The van der Waals surface area contributed by atoms with Crippen molar-refractivity contribution < 1.29 is 4.74 Å². The van der Waals surface area contributed by atoms with Crippen LogP contribution < -0.4 is 5.32 Å². The van der Waals surface area contributed by atoms with Crippen molar-refractivity contribution in [2.24, 2.45) is 0 Å². The molecule has 1 rings (SSSR count). The molecule has 0 bridgehead atoms. The molecular weight excluding hydrogens is 218 g/mol. The average Bonchev–Trinajstić information content (AvgIpc) is 2.79. The van der Waals surface area contributed by atoms with Crippen LogP contribution >= 0.6 is 11.3 Å². The molecule has 3 heteroatoms. The van der Waals surface area contributed by atoms with E-state index in [1.54, 1.807) is 0 Å². The average molecular weight is 241 g/mol. The lowest BCUT2D eigenvalue weighted by atomic mass is 10.2. The molecule has 2 nitrogen and oxygen atoms in total. The fourth-order valence-corrected chi connectivity index (χ4v) is 2.34. The van der Waals surface area contributed by atoms with Gasteiger partial charge in [0.05, 0.1) is 12.7 Å². The minimum Gasteiger partial charge on any atom is -0.377 e. The summed E-state index contributed by atoms with van der Waals surface area (Å²) in [4.78, 5) is 1.42. The predicted molar refractivity (Wildman–Crippen MR) is 71.2 cm³/mol. The van der Waals surface area contributed by atoms with E-state index in [0.29, 0.717) is 6.10 Å². The molecule has 1 aromatic rings. The van der Waals surface area contributed by atoms with E-state index in [2.05, 4.69) is 36.7 Å². The highest BCUT2D eigenvalue weighted by Gasteiger charge is 2.07. The van der Waals surface area contributed by atoms with Crippen molar-refractivity contribution in [2.75, 3.05) is 19.7 Å². The van der Waals surface area contributed by atoms with Crippen LogP contribution in [0.1, 0.15) is 31.6 Å². The highest BCUT2D eigenvalue weighted by Crippen LogP contribution is 2.10. The Morgan fingerprint density at radius 2 is 2.31 bits per heavy atom. The predicted octanol–water partition coefficient (Wildman–Crippen LogP) is 3.09. The van der Waals surface area contributed by atoms with Crippen molar-refractivity contribution in [1.82, 2.24) is 5.32 Å². The zero-order valence-corrected chi connectivity index (χ0v) is 11.2. The maximum absolute atomic E-state index is 5.90. The van der Waals surface area contributed by atoms with Crippen molar-refractivity contribution in [3.05, 3.63) is 22.4 Å². The van der Waals surface area contributed by atoms with Crippen LogP contribution in [-0.4, -0.2) is 25.8 Å². The normalized spacial score (nSPS) is 12.9. The molecule has 0 amide bonds. The van der Waals surface area contributed by atoms with E-state index in [-0.39, 0.29) is 0 Å². The molecule has 0 saturated carbocycles. The summed E-state index contributed by atoms with van der Waals surface area (Å²) in [6.45, 7) is 7.19. The Morgan fingerprint density at radius 3 is 2.94 bits per heavy atom. The molecule has 0 radical (unpaired) electrons. The third kappa shape index (κ3) is 5.64. The molecule has 0 aliphatic heterocycles. The van der Waals surface area contributed by atoms with Crippen LogP contribution in [0.5, 0.6) is 0 Å². The van der Waals surface area contributed by atoms with Crippen molar-refractivity contribution in [3.63, 3.8) is 0 Å². The molecule has 1 unspecified atom stereocenters. The first-order valence-electron chi connectivity index (χ1n) is 6.21. The Balaban J connectivity index is 2.15. The molecule has 0 aromatic carbocycles. The van der Waals surface area contributed by atoms with E-state index in [1.807, 2.05) is 11.3 Å². The van der Waals surface area contributed by atoms with E-state index in [4.69, 9.17) is 4.74 Å². The Bertz CT molecular complexity index is 248. The molecule has 0 saturated heterocycles. The molecule has 0 fully saturated rings. The lowest BCUT2D eigenvalue weighted by Gasteiger charge is -2.17. The largest absolute Gasteiger partial charge is 0.377 e. The van der Waals surface area contributed by atoms with E-state index in [9.17, 15) is 0 Å². The molecule has 0 spiro atoms. The minimum absolute atomic E-state index is 0.380. The Morgan fingerprint density at radius 1 is 1.44 bits per heavy atom. The van der Waals surface area contributed by atoms with E-state index >= 15 is 0 Å². The number of nitrogens with one attached hydrogen (secondary N) is 1. The van der Waals surface area contributed by atoms with Crippen LogP contribution in [0, 0.1) is 0 Å². The third-order valence-electron chi connectivity index (χ3n) is 2.51. The van der Waals surface area contributed by atoms with Gasteiger partial charge in [0, 0.05) is 17.8 Å². The second kappa shape index (κ2) is 8.74. The van der Waals surface area contributed by atoms with E-state index in [1.165, 1.54) is 11.3 Å². The zero-order valence-electron chi connectivity index (χ0n) is 10.4. The molecule has 0 aliphatic carbocycles. The van der Waals surface area contributed by atoms with Gasteiger partial charge < -0.3 is 10.1 Å². The quantitative estimate of drug-likeness (QED) is 0.717. The first-order chi connectivity index (χ1) is 7.86. The number of rotatable bonds is 9. The molecule has 16 heavy (non-hydrogen) atoms. The summed E-state index contributed by atoms with van der Waals surface area (Å²) in [5, 5.41) is 5.48. The maximum atomic E-state index is 5.90. The standard InChI is InChI=1S/C13H23NOS/c1-3-6-12(11-14-4-2)15-9-8-13-7-5-10-16-13/h5,7,10,12,14H,3-4,6,8-9,11H2,1-2H3. The second-order valence-electron chi connectivity index (χ2n) is 3.92. The molecular formula is C13H23NOS. The smallest absolute Gasteiger partial charge is 0.0699 e. The number of hydrogen-bond donors (Lipinski definition) is 1. The maximum Gasteiger partial charge on any atom is 0.0699 e. The highest BCUT2D eigenvalue weighted by molar-refractivity contribution is 7.09. The minimum atomic E-state index is 0.380. The number of ether oxygens (including phenoxy) is 1. The van der Waals surface area contributed by atoms with Gasteiger partial charge in [-0.25, -0.2) is 0 Å². The summed E-state index contributed by atoms with van der Waals surface area (Å²) < 4.78 is 5.90. The Kier molecular flexibility index (Phi) is 7.47. The Hall–Kier alpha value is -0.380. The zero-order chi connectivity index (χ0) is 11.6. The summed E-state index contributed by atoms with van der Waals surface area (Å²) in [6, 6.07) is 4.27. The fraction of sp³-hybridized carbons (Fsp3) is 0.692. The molecule has 1 N–H and O–H groups in total. The Labute approximate surface area is 103 Å². The van der Waals surface area contributed by atoms with E-state index < -0.39 is 0 Å². The second-order valence-corrected chi connectivity index (χ2v) is 4.95. The van der Waals surface area contributed by atoms with Gasteiger partial charge in [0.2, 0.25) is 0 Å². The molecule has 1 heterocycles. The SMILES string of the molecule is CCCC(CNCC)OCCc1cccs1. The molecule has 0 aliphatic rings. The van der Waals surface area contributed by atoms with Gasteiger partial charge in [-0.15, -0.1) is 11.3 Å². The van der Waals surface area contributed by atoms with Gasteiger partial charge >= 0.3 is 0 Å². The van der Waals surface area contributed by atoms with Crippen LogP contribution in [0.15, 0.2) is 17.5 Å². The number of likely N-dealkylation sites (N-methyl/N-ethyl adjacent to an activating group) is 1. The molecule has 1 atom stereocenters. The van der Waals surface area contributed by atoms with Crippen molar-refractivity contribution in [1.29, 1.82) is 0 Å². The number of thiophene rings is 1. The van der Waals surface area contributed by atoms with Gasteiger partial charge in [0.15, 0.2) is 0 Å². The van der Waals surface area contributed by atoms with Gasteiger partial charge in [-0.1, -0.05) is 26.3 Å². The van der Waals surface area contributed by atoms with Crippen LogP contribution in [0.4, 0.5) is 0 Å². The highest BCUT2D eigenvalue weighted by atomic mass is 32.1. The van der Waals surface area contributed by atoms with Gasteiger partial charge in [-0.3, -0.25) is 0 Å². The topological polar surface area (TPSA) is 21.3 Å². The van der Waals surface area contributed by atoms with Crippen LogP contribution in [0.25, 0.3) is 0 Å². The molecule has 92 valence electrons. The van der Waals surface area contributed by atoms with Crippen molar-refractivity contribution in [2.45, 2.75) is 39.2 Å². The van der Waals surface area contributed by atoms with Gasteiger partial charge in [-0.2, -0.15) is 0 Å². The van der Waals surface area contributed by atoms with Crippen molar-refractivity contribution in [3.8, 4) is 0 Å². The molecule has 1 aromatic heterocycles. The summed E-state index contributed by atoms with van der Waals surface area (Å²) in [6.07, 6.45) is 3.76. The van der Waals surface area contributed by atoms with Gasteiger partial charge in [0.25, 0.3) is 0 Å². The van der Waals surface area contributed by atoms with Gasteiger partial charge in [0.1, 0.15) is 0 Å². The van der Waals surface area contributed by atoms with Crippen molar-refractivity contribution >= 4 is 11.3 Å². The van der Waals surface area contributed by atoms with Crippen LogP contribution in [-0.2, 0) is 11.2 Å². The monoisotopic (exact) mass is 241 g/mol. The third-order valence-corrected chi connectivity index (χ3v) is 3.45. The first kappa shape index (κ1) is 13.7.